The molecule has 0 spiro atoms. The van der Waals surface area contributed by atoms with Crippen LogP contribution in [-0.4, -0.2) is 35.2 Å². The number of hydrogen-bond acceptors (Lipinski definition) is 4. The smallest absolute Gasteiger partial charge is 0.315 e. The van der Waals surface area contributed by atoms with Crippen molar-refractivity contribution in [3.05, 3.63) is 58.6 Å². The minimum Gasteiger partial charge on any atom is -0.356 e. The van der Waals surface area contributed by atoms with E-state index < -0.39 is 0 Å². The van der Waals surface area contributed by atoms with Crippen LogP contribution in [0.3, 0.4) is 0 Å². The van der Waals surface area contributed by atoms with Crippen LogP contribution in [0.15, 0.2) is 47.5 Å². The fourth-order valence-corrected chi connectivity index (χ4v) is 3.29. The van der Waals surface area contributed by atoms with E-state index in [1.165, 1.54) is 25.3 Å². The van der Waals surface area contributed by atoms with E-state index in [1.54, 1.807) is 23.0 Å². The van der Waals surface area contributed by atoms with Crippen molar-refractivity contribution in [3.8, 4) is 0 Å². The number of aryl methyl sites for hydroxylation is 1. The van der Waals surface area contributed by atoms with Gasteiger partial charge in [0.1, 0.15) is 5.82 Å². The first-order chi connectivity index (χ1) is 13.2. The Bertz CT molecular complexity index is 799. The number of aromatic nitrogens is 2. The molecule has 3 heterocycles. The normalized spacial score (nSPS) is 14.0. The number of rotatable bonds is 7. The van der Waals surface area contributed by atoms with Gasteiger partial charge in [0.05, 0.1) is 0 Å². The molecule has 1 aliphatic heterocycles. The highest BCUT2D eigenvalue weighted by Gasteiger charge is 2.15. The molecule has 0 radical (unpaired) electrons. The molecule has 144 valence electrons. The van der Waals surface area contributed by atoms with Gasteiger partial charge >= 0.3 is 6.03 Å². The van der Waals surface area contributed by atoms with Crippen LogP contribution in [0.2, 0.25) is 0 Å². The number of piperidine rings is 1. The number of nitrogens with zero attached hydrogens (tertiary/aromatic N) is 3. The molecule has 1 saturated heterocycles. The molecule has 1 aliphatic rings. The molecule has 27 heavy (non-hydrogen) atoms. The molecule has 0 unspecified atom stereocenters. The van der Waals surface area contributed by atoms with Gasteiger partial charge in [-0.15, -0.1) is 0 Å². The predicted molar refractivity (Wildman–Crippen MR) is 106 cm³/mol. The second-order valence-corrected chi connectivity index (χ2v) is 6.73. The number of pyridine rings is 2. The van der Waals surface area contributed by atoms with Crippen LogP contribution in [0, 0.1) is 0 Å². The number of hydrogen-bond donors (Lipinski definition) is 2. The van der Waals surface area contributed by atoms with Crippen molar-refractivity contribution in [1.82, 2.24) is 20.2 Å². The molecule has 0 bridgehead atoms. The van der Waals surface area contributed by atoms with Crippen molar-refractivity contribution in [2.45, 2.75) is 38.8 Å². The molecule has 0 atom stereocenters. The van der Waals surface area contributed by atoms with Gasteiger partial charge in [-0.2, -0.15) is 0 Å². The van der Waals surface area contributed by atoms with Crippen LogP contribution in [0.5, 0.6) is 0 Å². The molecule has 2 amide bonds. The Balaban J connectivity index is 1.43. The first kappa shape index (κ1) is 18.9. The van der Waals surface area contributed by atoms with Crippen LogP contribution in [0.4, 0.5) is 10.6 Å². The monoisotopic (exact) mass is 369 g/mol. The van der Waals surface area contributed by atoms with Crippen molar-refractivity contribution in [3.63, 3.8) is 0 Å². The Morgan fingerprint density at radius 1 is 1.07 bits per heavy atom. The maximum absolute atomic E-state index is 12.1. The number of nitrogens with one attached hydrogen (secondary N) is 2. The van der Waals surface area contributed by atoms with E-state index in [9.17, 15) is 9.59 Å². The number of anilines is 1. The van der Waals surface area contributed by atoms with Gasteiger partial charge in [0.15, 0.2) is 0 Å². The van der Waals surface area contributed by atoms with Gasteiger partial charge in [0, 0.05) is 56.7 Å². The zero-order valence-electron chi connectivity index (χ0n) is 15.6. The molecule has 7 nitrogen and oxygen atoms in total. The van der Waals surface area contributed by atoms with E-state index in [4.69, 9.17) is 0 Å². The van der Waals surface area contributed by atoms with Crippen molar-refractivity contribution < 1.29 is 4.79 Å². The predicted octanol–water partition coefficient (Wildman–Crippen LogP) is 2.12. The summed E-state index contributed by atoms with van der Waals surface area (Å²) in [6.45, 7) is 3.59. The third kappa shape index (κ3) is 5.57. The third-order valence-electron chi connectivity index (χ3n) is 4.72. The highest BCUT2D eigenvalue weighted by molar-refractivity contribution is 5.74. The summed E-state index contributed by atoms with van der Waals surface area (Å²) in [5.41, 5.74) is 1.01. The number of urea groups is 1. The summed E-state index contributed by atoms with van der Waals surface area (Å²) in [6.07, 6.45) is 7.91. The minimum absolute atomic E-state index is 0.0243. The van der Waals surface area contributed by atoms with E-state index in [-0.39, 0.29) is 11.6 Å². The zero-order chi connectivity index (χ0) is 18.9. The largest absolute Gasteiger partial charge is 0.356 e. The van der Waals surface area contributed by atoms with Gasteiger partial charge in [-0.3, -0.25) is 4.79 Å². The quantitative estimate of drug-likeness (QED) is 0.733. The van der Waals surface area contributed by atoms with Crippen LogP contribution < -0.4 is 21.1 Å². The Morgan fingerprint density at radius 3 is 2.74 bits per heavy atom. The molecule has 3 rings (SSSR count). The lowest BCUT2D eigenvalue weighted by Crippen LogP contribution is -2.37. The molecule has 7 heteroatoms. The van der Waals surface area contributed by atoms with E-state index in [0.29, 0.717) is 26.1 Å². The lowest BCUT2D eigenvalue weighted by atomic mass is 10.1. The molecular weight excluding hydrogens is 342 g/mol. The van der Waals surface area contributed by atoms with Crippen LogP contribution >= 0.6 is 0 Å². The summed E-state index contributed by atoms with van der Waals surface area (Å²) >= 11 is 0. The second-order valence-electron chi connectivity index (χ2n) is 6.73. The first-order valence-corrected chi connectivity index (χ1v) is 9.60. The van der Waals surface area contributed by atoms with Crippen molar-refractivity contribution in [2.75, 3.05) is 24.5 Å². The minimum atomic E-state index is -0.205. The number of carbonyl (C=O) groups is 1. The van der Waals surface area contributed by atoms with E-state index >= 15 is 0 Å². The highest BCUT2D eigenvalue weighted by Crippen LogP contribution is 2.21. The van der Waals surface area contributed by atoms with Gasteiger partial charge in [-0.1, -0.05) is 12.1 Å². The van der Waals surface area contributed by atoms with Crippen molar-refractivity contribution in [2.24, 2.45) is 0 Å². The van der Waals surface area contributed by atoms with Crippen LogP contribution in [-0.2, 0) is 13.1 Å². The summed E-state index contributed by atoms with van der Waals surface area (Å²) in [6, 6.07) is 8.80. The number of carbonyl (C=O) groups excluding carboxylic acids is 1. The van der Waals surface area contributed by atoms with Crippen molar-refractivity contribution >= 4 is 11.8 Å². The molecule has 1 fully saturated rings. The molecule has 0 aliphatic carbocycles. The summed E-state index contributed by atoms with van der Waals surface area (Å²) in [4.78, 5) is 30.5. The third-order valence-corrected chi connectivity index (χ3v) is 4.72. The second kappa shape index (κ2) is 9.75. The standard InChI is InChI=1S/C20H27N5O2/c26-18-9-2-5-12-24(18)15-7-11-22-20(27)23-16-17-8-6-10-21-19(17)25-13-3-1-4-14-25/h2,5-6,8-10,12H,1,3-4,7,11,13-16H2,(H2,22,23,27). The Labute approximate surface area is 159 Å². The molecule has 2 aromatic rings. The summed E-state index contributed by atoms with van der Waals surface area (Å²) in [5, 5.41) is 5.75. The fourth-order valence-electron chi connectivity index (χ4n) is 3.29. The van der Waals surface area contributed by atoms with Crippen LogP contribution in [0.25, 0.3) is 0 Å². The lowest BCUT2D eigenvalue weighted by molar-refractivity contribution is 0.240. The van der Waals surface area contributed by atoms with E-state index in [0.717, 1.165) is 24.5 Å². The Morgan fingerprint density at radius 2 is 1.93 bits per heavy atom. The summed E-state index contributed by atoms with van der Waals surface area (Å²) in [5.74, 6) is 0.973. The fraction of sp³-hybridized carbons (Fsp3) is 0.450. The maximum Gasteiger partial charge on any atom is 0.315 e. The van der Waals surface area contributed by atoms with Crippen molar-refractivity contribution in [1.29, 1.82) is 0 Å². The summed E-state index contributed by atoms with van der Waals surface area (Å²) in [7, 11) is 0. The van der Waals surface area contributed by atoms with Gasteiger partial charge < -0.3 is 20.1 Å². The molecule has 2 N–H and O–H groups in total. The molecule has 2 aromatic heterocycles. The van der Waals surface area contributed by atoms with Gasteiger partial charge in [-0.05, 0) is 37.8 Å². The topological polar surface area (TPSA) is 79.3 Å². The Kier molecular flexibility index (Phi) is 6.84. The summed E-state index contributed by atoms with van der Waals surface area (Å²) < 4.78 is 1.64. The molecular formula is C20H27N5O2. The first-order valence-electron chi connectivity index (χ1n) is 9.60. The van der Waals surface area contributed by atoms with E-state index in [2.05, 4.69) is 20.5 Å². The van der Waals surface area contributed by atoms with Gasteiger partial charge in [-0.25, -0.2) is 9.78 Å². The van der Waals surface area contributed by atoms with Gasteiger partial charge in [0.25, 0.3) is 0 Å². The average molecular weight is 369 g/mol. The average Bonchev–Trinajstić information content (AvgIpc) is 2.72. The SMILES string of the molecule is O=C(NCCCn1ccccc1=O)NCc1cccnc1N1CCCCC1. The number of amides is 2. The van der Waals surface area contributed by atoms with Crippen LogP contribution in [0.1, 0.15) is 31.2 Å². The van der Waals surface area contributed by atoms with Gasteiger partial charge in [0.2, 0.25) is 5.56 Å². The van der Waals surface area contributed by atoms with E-state index in [1.807, 2.05) is 18.2 Å². The molecule has 0 saturated carbocycles. The highest BCUT2D eigenvalue weighted by atomic mass is 16.2. The Hall–Kier alpha value is -2.83. The lowest BCUT2D eigenvalue weighted by Gasteiger charge is -2.29. The zero-order valence-corrected chi connectivity index (χ0v) is 15.6. The molecule has 0 aromatic carbocycles. The maximum atomic E-state index is 12.1.